The molecule has 114 valence electrons. The first-order valence-electron chi connectivity index (χ1n) is 6.97. The molecule has 0 aliphatic heterocycles. The van der Waals surface area contributed by atoms with E-state index in [-0.39, 0.29) is 17.6 Å². The largest absolute Gasteiger partial charge is 0.465 e. The molecule has 0 aromatic carbocycles. The zero-order chi connectivity index (χ0) is 15.4. The first-order valence-corrected chi connectivity index (χ1v) is 9.88. The molecule has 0 atom stereocenters. The van der Waals surface area contributed by atoms with E-state index in [9.17, 15) is 4.79 Å². The van der Waals surface area contributed by atoms with Crippen molar-refractivity contribution in [3.8, 4) is 0 Å². The average molecular weight is 298 g/mol. The van der Waals surface area contributed by atoms with Crippen LogP contribution in [0.25, 0.3) is 0 Å². The summed E-state index contributed by atoms with van der Waals surface area (Å²) in [5.41, 5.74) is 0. The van der Waals surface area contributed by atoms with Crippen molar-refractivity contribution in [3.05, 3.63) is 18.2 Å². The highest BCUT2D eigenvalue weighted by atomic mass is 28.4. The summed E-state index contributed by atoms with van der Waals surface area (Å²) in [5.74, 6) is 0.516. The van der Waals surface area contributed by atoms with Crippen LogP contribution in [0.2, 0.25) is 18.1 Å². The standard InChI is InChI=1S/C14H26N2O3Si/c1-7-18-13(17)10-16-9-8-15-12(16)11-19-20(5,6)14(2,3)4/h8-9H,7,10-11H2,1-6H3. The minimum atomic E-state index is -1.81. The molecule has 0 fully saturated rings. The van der Waals surface area contributed by atoms with Crippen LogP contribution in [-0.4, -0.2) is 30.4 Å². The third kappa shape index (κ3) is 4.45. The van der Waals surface area contributed by atoms with Crippen molar-refractivity contribution >= 4 is 14.3 Å². The van der Waals surface area contributed by atoms with Crippen LogP contribution in [0.1, 0.15) is 33.5 Å². The number of ether oxygens (including phenoxy) is 1. The SMILES string of the molecule is CCOC(=O)Cn1ccnc1CO[Si](C)(C)C(C)(C)C. The summed E-state index contributed by atoms with van der Waals surface area (Å²) in [6.07, 6.45) is 3.46. The minimum absolute atomic E-state index is 0.158. The van der Waals surface area contributed by atoms with Crippen LogP contribution in [0, 0.1) is 0 Å². The average Bonchev–Trinajstić information content (AvgIpc) is 2.72. The van der Waals surface area contributed by atoms with Crippen molar-refractivity contribution in [2.75, 3.05) is 6.61 Å². The Labute approximate surface area is 122 Å². The summed E-state index contributed by atoms with van der Waals surface area (Å²) < 4.78 is 12.9. The van der Waals surface area contributed by atoms with E-state index in [1.165, 1.54) is 0 Å². The molecular weight excluding hydrogens is 272 g/mol. The van der Waals surface area contributed by atoms with Gasteiger partial charge in [-0.1, -0.05) is 20.8 Å². The second kappa shape index (κ2) is 6.54. The molecule has 1 aromatic heterocycles. The number of hydrogen-bond donors (Lipinski definition) is 0. The lowest BCUT2D eigenvalue weighted by Gasteiger charge is -2.36. The van der Waals surface area contributed by atoms with Crippen molar-refractivity contribution in [1.29, 1.82) is 0 Å². The van der Waals surface area contributed by atoms with E-state index in [2.05, 4.69) is 38.8 Å². The molecule has 0 saturated carbocycles. The lowest BCUT2D eigenvalue weighted by Crippen LogP contribution is -2.40. The van der Waals surface area contributed by atoms with Gasteiger partial charge in [-0.2, -0.15) is 0 Å². The van der Waals surface area contributed by atoms with Gasteiger partial charge in [0.15, 0.2) is 8.32 Å². The van der Waals surface area contributed by atoms with E-state index >= 15 is 0 Å². The Bertz CT molecular complexity index is 450. The predicted octanol–water partition coefficient (Wildman–Crippen LogP) is 2.97. The Morgan fingerprint density at radius 2 is 2.05 bits per heavy atom. The normalized spacial score (nSPS) is 12.5. The highest BCUT2D eigenvalue weighted by molar-refractivity contribution is 6.74. The summed E-state index contributed by atoms with van der Waals surface area (Å²) in [5, 5.41) is 0.158. The van der Waals surface area contributed by atoms with Gasteiger partial charge >= 0.3 is 5.97 Å². The van der Waals surface area contributed by atoms with Crippen LogP contribution in [0.5, 0.6) is 0 Å². The van der Waals surface area contributed by atoms with E-state index < -0.39 is 8.32 Å². The minimum Gasteiger partial charge on any atom is -0.465 e. The molecule has 0 bridgehead atoms. The number of hydrogen-bond acceptors (Lipinski definition) is 4. The summed E-state index contributed by atoms with van der Waals surface area (Å²) in [7, 11) is -1.81. The quantitative estimate of drug-likeness (QED) is 0.598. The predicted molar refractivity (Wildman–Crippen MR) is 80.8 cm³/mol. The molecule has 0 amide bonds. The molecule has 0 radical (unpaired) electrons. The van der Waals surface area contributed by atoms with Gasteiger partial charge < -0.3 is 13.7 Å². The van der Waals surface area contributed by atoms with Gasteiger partial charge in [0.25, 0.3) is 0 Å². The molecule has 1 aromatic rings. The van der Waals surface area contributed by atoms with Gasteiger partial charge in [0, 0.05) is 12.4 Å². The van der Waals surface area contributed by atoms with Gasteiger partial charge in [0.2, 0.25) is 0 Å². The lowest BCUT2D eigenvalue weighted by atomic mass is 10.2. The Hall–Kier alpha value is -1.14. The fourth-order valence-corrected chi connectivity index (χ4v) is 2.35. The summed E-state index contributed by atoms with van der Waals surface area (Å²) in [6, 6.07) is 0. The van der Waals surface area contributed by atoms with Crippen LogP contribution in [0.3, 0.4) is 0 Å². The monoisotopic (exact) mass is 298 g/mol. The molecule has 1 rings (SSSR count). The molecule has 0 aliphatic rings. The summed E-state index contributed by atoms with van der Waals surface area (Å²) in [6.45, 7) is 13.8. The maximum atomic E-state index is 11.5. The van der Waals surface area contributed by atoms with Crippen molar-refractivity contribution in [2.45, 2.75) is 59.0 Å². The van der Waals surface area contributed by atoms with E-state index in [0.29, 0.717) is 13.2 Å². The van der Waals surface area contributed by atoms with Crippen LogP contribution < -0.4 is 0 Å². The molecule has 0 spiro atoms. The maximum absolute atomic E-state index is 11.5. The Morgan fingerprint density at radius 3 is 2.60 bits per heavy atom. The zero-order valence-electron chi connectivity index (χ0n) is 13.4. The van der Waals surface area contributed by atoms with Crippen molar-refractivity contribution in [2.24, 2.45) is 0 Å². The Balaban J connectivity index is 2.66. The zero-order valence-corrected chi connectivity index (χ0v) is 14.4. The highest BCUT2D eigenvalue weighted by Crippen LogP contribution is 2.36. The van der Waals surface area contributed by atoms with E-state index in [1.807, 2.05) is 0 Å². The molecule has 0 aliphatic carbocycles. The van der Waals surface area contributed by atoms with Crippen LogP contribution >= 0.6 is 0 Å². The summed E-state index contributed by atoms with van der Waals surface area (Å²) >= 11 is 0. The third-order valence-corrected chi connectivity index (χ3v) is 8.25. The third-order valence-electron chi connectivity index (χ3n) is 3.77. The number of rotatable bonds is 6. The fourth-order valence-electron chi connectivity index (χ4n) is 1.43. The van der Waals surface area contributed by atoms with Gasteiger partial charge in [-0.15, -0.1) is 0 Å². The number of esters is 1. The topological polar surface area (TPSA) is 53.4 Å². The molecule has 1 heterocycles. The smallest absolute Gasteiger partial charge is 0.325 e. The van der Waals surface area contributed by atoms with Gasteiger partial charge in [0.05, 0.1) is 13.2 Å². The Kier molecular flexibility index (Phi) is 5.53. The van der Waals surface area contributed by atoms with Gasteiger partial charge in [-0.3, -0.25) is 4.79 Å². The molecule has 0 saturated heterocycles. The number of aromatic nitrogens is 2. The van der Waals surface area contributed by atoms with Crippen LogP contribution in [0.15, 0.2) is 12.4 Å². The maximum Gasteiger partial charge on any atom is 0.325 e. The van der Waals surface area contributed by atoms with E-state index in [4.69, 9.17) is 9.16 Å². The second-order valence-corrected chi connectivity index (χ2v) is 11.1. The lowest BCUT2D eigenvalue weighted by molar-refractivity contribution is -0.143. The van der Waals surface area contributed by atoms with Crippen molar-refractivity contribution in [1.82, 2.24) is 9.55 Å². The highest BCUT2D eigenvalue weighted by Gasteiger charge is 2.37. The Morgan fingerprint density at radius 1 is 1.40 bits per heavy atom. The van der Waals surface area contributed by atoms with Crippen molar-refractivity contribution in [3.63, 3.8) is 0 Å². The van der Waals surface area contributed by atoms with Gasteiger partial charge in [-0.05, 0) is 25.1 Å². The van der Waals surface area contributed by atoms with Gasteiger partial charge in [-0.25, -0.2) is 4.98 Å². The first-order chi connectivity index (χ1) is 9.17. The molecule has 6 heteroatoms. The number of carbonyl (C=O) groups is 1. The van der Waals surface area contributed by atoms with Crippen molar-refractivity contribution < 1.29 is 14.0 Å². The van der Waals surface area contributed by atoms with E-state index in [1.54, 1.807) is 23.9 Å². The second-order valence-electron chi connectivity index (χ2n) is 6.33. The summed E-state index contributed by atoms with van der Waals surface area (Å²) in [4.78, 5) is 15.8. The molecule has 20 heavy (non-hydrogen) atoms. The number of nitrogens with zero attached hydrogens (tertiary/aromatic N) is 2. The number of imidazole rings is 1. The molecule has 5 nitrogen and oxygen atoms in total. The molecule has 0 N–H and O–H groups in total. The fraction of sp³-hybridized carbons (Fsp3) is 0.714. The molecule has 0 unspecified atom stereocenters. The van der Waals surface area contributed by atoms with E-state index in [0.717, 1.165) is 5.82 Å². The first kappa shape index (κ1) is 16.9. The number of carbonyl (C=O) groups excluding carboxylic acids is 1. The van der Waals surface area contributed by atoms with Crippen LogP contribution in [0.4, 0.5) is 0 Å². The molecular formula is C14H26N2O3Si. The van der Waals surface area contributed by atoms with Gasteiger partial charge in [0.1, 0.15) is 12.4 Å². The van der Waals surface area contributed by atoms with Crippen LogP contribution in [-0.2, 0) is 27.1 Å².